The van der Waals surface area contributed by atoms with Gasteiger partial charge in [0.2, 0.25) is 5.91 Å². The quantitative estimate of drug-likeness (QED) is 0.748. The molecule has 0 aromatic heterocycles. The fraction of sp³-hybridized carbons (Fsp3) is 0.350. The Morgan fingerprint density at radius 2 is 1.81 bits per heavy atom. The number of benzene rings is 2. The van der Waals surface area contributed by atoms with E-state index in [9.17, 15) is 17.6 Å². The van der Waals surface area contributed by atoms with Crippen LogP contribution in [0.25, 0.3) is 0 Å². The summed E-state index contributed by atoms with van der Waals surface area (Å²) in [6.45, 7) is 3.46. The van der Waals surface area contributed by atoms with Gasteiger partial charge >= 0.3 is 0 Å². The zero-order chi connectivity index (χ0) is 20.0. The summed E-state index contributed by atoms with van der Waals surface area (Å²) in [4.78, 5) is 12.4. The lowest BCUT2D eigenvalue weighted by atomic mass is 10.1. The summed E-state index contributed by atoms with van der Waals surface area (Å²) in [5, 5.41) is 2.26. The fourth-order valence-corrected chi connectivity index (χ4v) is 3.63. The molecule has 0 unspecified atom stereocenters. The number of ether oxygens (including phenoxy) is 1. The number of halogens is 1. The normalized spacial score (nSPS) is 12.8. The second kappa shape index (κ2) is 9.10. The van der Waals surface area contributed by atoms with Crippen LogP contribution < -0.4 is 5.32 Å². The Bertz CT molecular complexity index is 879. The van der Waals surface area contributed by atoms with Crippen LogP contribution in [-0.2, 0) is 25.8 Å². The minimum Gasteiger partial charge on any atom is -0.375 e. The van der Waals surface area contributed by atoms with Crippen LogP contribution in [0.3, 0.4) is 0 Å². The molecule has 2 rings (SSSR count). The van der Waals surface area contributed by atoms with E-state index in [2.05, 4.69) is 5.32 Å². The number of rotatable bonds is 8. The molecule has 5 nitrogen and oxygen atoms in total. The van der Waals surface area contributed by atoms with E-state index in [4.69, 9.17) is 4.74 Å². The van der Waals surface area contributed by atoms with Crippen molar-refractivity contribution in [1.29, 1.82) is 0 Å². The lowest BCUT2D eigenvalue weighted by Gasteiger charge is -2.16. The third kappa shape index (κ3) is 5.61. The van der Waals surface area contributed by atoms with Crippen molar-refractivity contribution in [2.24, 2.45) is 0 Å². The highest BCUT2D eigenvalue weighted by molar-refractivity contribution is 7.92. The van der Waals surface area contributed by atoms with Gasteiger partial charge in [0.05, 0.1) is 22.7 Å². The first-order chi connectivity index (χ1) is 12.7. The molecule has 1 atom stereocenters. The zero-order valence-electron chi connectivity index (χ0n) is 15.6. The molecule has 0 aliphatic heterocycles. The van der Waals surface area contributed by atoms with Gasteiger partial charge in [-0.15, -0.1) is 0 Å². The highest BCUT2D eigenvalue weighted by Crippen LogP contribution is 2.18. The SMILES string of the molecule is CO[C@@H](CNC(=O)Cc1ccc(S(=O)(=O)C(C)C)cc1)c1cccc(F)c1. The van der Waals surface area contributed by atoms with E-state index in [1.165, 1.54) is 31.4 Å². The Morgan fingerprint density at radius 3 is 2.37 bits per heavy atom. The molecule has 0 radical (unpaired) electrons. The van der Waals surface area contributed by atoms with Crippen LogP contribution in [0.2, 0.25) is 0 Å². The van der Waals surface area contributed by atoms with Crippen LogP contribution in [0, 0.1) is 5.82 Å². The van der Waals surface area contributed by atoms with Crippen molar-refractivity contribution >= 4 is 15.7 Å². The summed E-state index contributed by atoms with van der Waals surface area (Å²) in [6.07, 6.45) is -0.343. The molecule has 146 valence electrons. The highest BCUT2D eigenvalue weighted by Gasteiger charge is 2.19. The maximum atomic E-state index is 13.3. The van der Waals surface area contributed by atoms with Crippen molar-refractivity contribution in [3.63, 3.8) is 0 Å². The van der Waals surface area contributed by atoms with Gasteiger partial charge in [0.15, 0.2) is 9.84 Å². The number of nitrogens with one attached hydrogen (secondary N) is 1. The Kier molecular flexibility index (Phi) is 7.10. The molecular formula is C20H24FNO4S. The molecule has 0 bridgehead atoms. The first kappa shape index (κ1) is 21.1. The third-order valence-electron chi connectivity index (χ3n) is 4.23. The molecule has 7 heteroatoms. The topological polar surface area (TPSA) is 72.5 Å². The van der Waals surface area contributed by atoms with Crippen molar-refractivity contribution < 1.29 is 22.3 Å². The van der Waals surface area contributed by atoms with Crippen molar-refractivity contribution in [3.05, 3.63) is 65.5 Å². The molecule has 2 aromatic carbocycles. The number of carbonyl (C=O) groups excluding carboxylic acids is 1. The number of hydrogen-bond acceptors (Lipinski definition) is 4. The Hall–Kier alpha value is -2.25. The number of sulfone groups is 1. The maximum absolute atomic E-state index is 13.3. The van der Waals surface area contributed by atoms with Crippen molar-refractivity contribution in [1.82, 2.24) is 5.32 Å². The number of methoxy groups -OCH3 is 1. The Labute approximate surface area is 159 Å². The predicted molar refractivity (Wildman–Crippen MR) is 102 cm³/mol. The smallest absolute Gasteiger partial charge is 0.224 e. The zero-order valence-corrected chi connectivity index (χ0v) is 16.4. The molecule has 0 saturated carbocycles. The van der Waals surface area contributed by atoms with Crippen LogP contribution in [0.5, 0.6) is 0 Å². The lowest BCUT2D eigenvalue weighted by Crippen LogP contribution is -2.30. The van der Waals surface area contributed by atoms with Gasteiger partial charge in [-0.3, -0.25) is 4.79 Å². The van der Waals surface area contributed by atoms with Crippen molar-refractivity contribution in [2.45, 2.75) is 36.5 Å². The molecule has 0 aliphatic carbocycles. The summed E-state index contributed by atoms with van der Waals surface area (Å²) in [5.74, 6) is -0.592. The monoisotopic (exact) mass is 393 g/mol. The largest absolute Gasteiger partial charge is 0.375 e. The van der Waals surface area contributed by atoms with Crippen LogP contribution in [0.4, 0.5) is 4.39 Å². The maximum Gasteiger partial charge on any atom is 0.224 e. The van der Waals surface area contributed by atoms with E-state index in [-0.39, 0.29) is 29.6 Å². The standard InChI is InChI=1S/C20H24FNO4S/c1-14(2)27(24,25)18-9-7-15(8-10-18)11-20(23)22-13-19(26-3)16-5-4-6-17(21)12-16/h4-10,12,14,19H,11,13H2,1-3H3,(H,22,23)/t19-/m0/s1. The van der Waals surface area contributed by atoms with Gasteiger partial charge in [-0.1, -0.05) is 24.3 Å². The van der Waals surface area contributed by atoms with Crippen LogP contribution >= 0.6 is 0 Å². The third-order valence-corrected chi connectivity index (χ3v) is 6.40. The van der Waals surface area contributed by atoms with Crippen molar-refractivity contribution in [3.8, 4) is 0 Å². The fourth-order valence-electron chi connectivity index (χ4n) is 2.57. The predicted octanol–water partition coefficient (Wildman–Crippen LogP) is 3.05. The molecule has 1 amide bonds. The van der Waals surface area contributed by atoms with Gasteiger partial charge in [0.25, 0.3) is 0 Å². The molecule has 0 aliphatic rings. The average Bonchev–Trinajstić information content (AvgIpc) is 2.62. The molecule has 0 saturated heterocycles. The molecule has 0 fully saturated rings. The second-order valence-corrected chi connectivity index (χ2v) is 9.00. The average molecular weight is 393 g/mol. The van der Waals surface area contributed by atoms with Crippen LogP contribution in [0.15, 0.2) is 53.4 Å². The van der Waals surface area contributed by atoms with E-state index in [0.29, 0.717) is 11.1 Å². The molecular weight excluding hydrogens is 369 g/mol. The minimum atomic E-state index is -3.33. The second-order valence-electron chi connectivity index (χ2n) is 6.50. The Morgan fingerprint density at radius 1 is 1.15 bits per heavy atom. The van der Waals surface area contributed by atoms with E-state index < -0.39 is 21.2 Å². The van der Waals surface area contributed by atoms with Gasteiger partial charge in [-0.2, -0.15) is 0 Å². The van der Waals surface area contributed by atoms with Gasteiger partial charge < -0.3 is 10.1 Å². The lowest BCUT2D eigenvalue weighted by molar-refractivity contribution is -0.121. The van der Waals surface area contributed by atoms with E-state index >= 15 is 0 Å². The number of carbonyl (C=O) groups is 1. The first-order valence-electron chi connectivity index (χ1n) is 8.62. The van der Waals surface area contributed by atoms with Crippen molar-refractivity contribution in [2.75, 3.05) is 13.7 Å². The van der Waals surface area contributed by atoms with Gasteiger partial charge in [0, 0.05) is 13.7 Å². The summed E-state index contributed by atoms with van der Waals surface area (Å²) in [5.41, 5.74) is 1.34. The van der Waals surface area contributed by atoms with Gasteiger partial charge in [0.1, 0.15) is 5.82 Å². The molecule has 0 heterocycles. The number of amides is 1. The van der Waals surface area contributed by atoms with E-state index in [1.54, 1.807) is 38.1 Å². The molecule has 1 N–H and O–H groups in total. The van der Waals surface area contributed by atoms with E-state index in [1.807, 2.05) is 0 Å². The first-order valence-corrected chi connectivity index (χ1v) is 10.2. The van der Waals surface area contributed by atoms with E-state index in [0.717, 1.165) is 0 Å². The van der Waals surface area contributed by atoms with Crippen LogP contribution in [0.1, 0.15) is 31.1 Å². The van der Waals surface area contributed by atoms with Gasteiger partial charge in [-0.05, 0) is 49.2 Å². The molecule has 27 heavy (non-hydrogen) atoms. The highest BCUT2D eigenvalue weighted by atomic mass is 32.2. The van der Waals surface area contributed by atoms with Crippen LogP contribution in [-0.4, -0.2) is 33.2 Å². The summed E-state index contributed by atoms with van der Waals surface area (Å²) < 4.78 is 42.9. The molecule has 0 spiro atoms. The summed E-state index contributed by atoms with van der Waals surface area (Å²) >= 11 is 0. The molecule has 2 aromatic rings. The Balaban J connectivity index is 1.95. The van der Waals surface area contributed by atoms with Gasteiger partial charge in [-0.25, -0.2) is 12.8 Å². The minimum absolute atomic E-state index is 0.113. The summed E-state index contributed by atoms with van der Waals surface area (Å²) in [6, 6.07) is 12.3. The summed E-state index contributed by atoms with van der Waals surface area (Å²) in [7, 11) is -1.83. The number of hydrogen-bond donors (Lipinski definition) is 1.